The third-order valence-electron chi connectivity index (χ3n) is 3.78. The van der Waals surface area contributed by atoms with Gasteiger partial charge in [0.2, 0.25) is 0 Å². The summed E-state index contributed by atoms with van der Waals surface area (Å²) in [5, 5.41) is 10.5. The monoisotopic (exact) mass is 317 g/mol. The van der Waals surface area contributed by atoms with Crippen LogP contribution in [0.15, 0.2) is 48.6 Å². The number of non-ortho nitro benzene ring substituents is 1. The first-order chi connectivity index (χ1) is 11.1. The van der Waals surface area contributed by atoms with E-state index in [1.807, 2.05) is 26.0 Å². The van der Waals surface area contributed by atoms with Crippen molar-refractivity contribution in [3.05, 3.63) is 58.7 Å². The molecule has 2 aliphatic rings. The van der Waals surface area contributed by atoms with E-state index in [1.54, 1.807) is 0 Å². The SMILES string of the molecule is CC.O=C(OCC1CC12C=CC=C2)Oc1ccc([N+](=O)[O-])cc1. The first-order valence-corrected chi connectivity index (χ1v) is 7.55. The van der Waals surface area contributed by atoms with Gasteiger partial charge in [0.25, 0.3) is 5.69 Å². The summed E-state index contributed by atoms with van der Waals surface area (Å²) in [4.78, 5) is 21.5. The summed E-state index contributed by atoms with van der Waals surface area (Å²) in [6.07, 6.45) is 8.40. The number of allylic oxidation sites excluding steroid dienone is 4. The van der Waals surface area contributed by atoms with Crippen molar-refractivity contribution in [3.8, 4) is 5.75 Å². The van der Waals surface area contributed by atoms with Crippen LogP contribution >= 0.6 is 0 Å². The summed E-state index contributed by atoms with van der Waals surface area (Å²) >= 11 is 0. The molecule has 122 valence electrons. The van der Waals surface area contributed by atoms with Gasteiger partial charge >= 0.3 is 6.16 Å². The zero-order chi connectivity index (χ0) is 16.9. The molecule has 23 heavy (non-hydrogen) atoms. The number of nitrogens with zero attached hydrogens (tertiary/aromatic N) is 1. The highest BCUT2D eigenvalue weighted by Crippen LogP contribution is 2.56. The molecule has 0 N–H and O–H groups in total. The number of benzene rings is 1. The lowest BCUT2D eigenvalue weighted by Gasteiger charge is -2.07. The van der Waals surface area contributed by atoms with E-state index in [2.05, 4.69) is 12.2 Å². The first-order valence-electron chi connectivity index (χ1n) is 7.55. The van der Waals surface area contributed by atoms with Crippen LogP contribution in [-0.4, -0.2) is 17.7 Å². The zero-order valence-electron chi connectivity index (χ0n) is 13.1. The number of carbonyl (C=O) groups excluding carboxylic acids is 1. The Bertz CT molecular complexity index is 621. The van der Waals surface area contributed by atoms with E-state index in [4.69, 9.17) is 9.47 Å². The first kappa shape index (κ1) is 16.7. The van der Waals surface area contributed by atoms with Gasteiger partial charge in [0.1, 0.15) is 5.75 Å². The van der Waals surface area contributed by atoms with Gasteiger partial charge in [-0.2, -0.15) is 0 Å². The number of nitro benzene ring substituents is 1. The highest BCUT2D eigenvalue weighted by molar-refractivity contribution is 5.64. The van der Waals surface area contributed by atoms with E-state index in [0.717, 1.165) is 6.42 Å². The van der Waals surface area contributed by atoms with Crippen molar-refractivity contribution in [2.24, 2.45) is 11.3 Å². The Labute approximate surface area is 134 Å². The van der Waals surface area contributed by atoms with Crippen molar-refractivity contribution in [3.63, 3.8) is 0 Å². The molecule has 0 aromatic heterocycles. The van der Waals surface area contributed by atoms with Gasteiger partial charge in [-0.1, -0.05) is 38.2 Å². The molecule has 0 radical (unpaired) electrons. The van der Waals surface area contributed by atoms with E-state index >= 15 is 0 Å². The Hall–Kier alpha value is -2.63. The van der Waals surface area contributed by atoms with Crippen molar-refractivity contribution in [1.29, 1.82) is 0 Å². The van der Waals surface area contributed by atoms with Crippen LogP contribution in [-0.2, 0) is 4.74 Å². The fourth-order valence-corrected chi connectivity index (χ4v) is 2.45. The van der Waals surface area contributed by atoms with Gasteiger partial charge in [0.15, 0.2) is 0 Å². The lowest BCUT2D eigenvalue weighted by molar-refractivity contribution is -0.384. The highest BCUT2D eigenvalue weighted by Gasteiger charge is 2.51. The van der Waals surface area contributed by atoms with E-state index in [1.165, 1.54) is 24.3 Å². The maximum absolute atomic E-state index is 11.6. The number of ether oxygens (including phenoxy) is 2. The number of nitro groups is 1. The average molecular weight is 317 g/mol. The Morgan fingerprint density at radius 1 is 1.26 bits per heavy atom. The largest absolute Gasteiger partial charge is 0.513 e. The Kier molecular flexibility index (Phi) is 5.16. The molecule has 3 rings (SSSR count). The van der Waals surface area contributed by atoms with Crippen LogP contribution in [0.2, 0.25) is 0 Å². The van der Waals surface area contributed by atoms with Crippen LogP contribution in [0.1, 0.15) is 20.3 Å². The van der Waals surface area contributed by atoms with E-state index in [0.29, 0.717) is 12.5 Å². The minimum absolute atomic E-state index is 0.0598. The Balaban J connectivity index is 0.000000924. The van der Waals surface area contributed by atoms with Crippen LogP contribution in [0.5, 0.6) is 5.75 Å². The van der Waals surface area contributed by atoms with Crippen molar-refractivity contribution < 1.29 is 19.2 Å². The average Bonchev–Trinajstić information content (AvgIpc) is 3.01. The molecular weight excluding hydrogens is 298 g/mol. The van der Waals surface area contributed by atoms with Gasteiger partial charge in [0, 0.05) is 23.5 Å². The van der Waals surface area contributed by atoms with Gasteiger partial charge in [0.05, 0.1) is 11.5 Å². The second-order valence-electron chi connectivity index (χ2n) is 5.15. The predicted molar refractivity (Wildman–Crippen MR) is 85.2 cm³/mol. The van der Waals surface area contributed by atoms with Crippen molar-refractivity contribution in [2.45, 2.75) is 20.3 Å². The van der Waals surface area contributed by atoms with E-state index in [-0.39, 0.29) is 16.9 Å². The quantitative estimate of drug-likeness (QED) is 0.358. The molecule has 6 nitrogen and oxygen atoms in total. The molecule has 1 fully saturated rings. The Morgan fingerprint density at radius 2 is 1.87 bits per heavy atom. The second kappa shape index (κ2) is 7.09. The standard InChI is InChI=1S/C15H13NO5.C2H6/c17-14(20-10-11-9-15(11)7-1-2-8-15)21-13-5-3-12(4-6-13)16(18)19;1-2/h1-8,11H,9-10H2;1-2H3. The van der Waals surface area contributed by atoms with Crippen LogP contribution < -0.4 is 4.74 Å². The molecule has 1 unspecified atom stereocenters. The van der Waals surface area contributed by atoms with Gasteiger partial charge < -0.3 is 9.47 Å². The maximum atomic E-state index is 11.6. The van der Waals surface area contributed by atoms with E-state index in [9.17, 15) is 14.9 Å². The molecule has 2 aliphatic carbocycles. The van der Waals surface area contributed by atoms with Crippen LogP contribution in [0.4, 0.5) is 10.5 Å². The lowest BCUT2D eigenvalue weighted by atomic mass is 10.1. The van der Waals surface area contributed by atoms with Gasteiger partial charge in [-0.15, -0.1) is 0 Å². The molecule has 1 atom stereocenters. The molecule has 0 heterocycles. The molecule has 0 aliphatic heterocycles. The maximum Gasteiger partial charge on any atom is 0.513 e. The predicted octanol–water partition coefficient (Wildman–Crippen LogP) is 4.27. The number of rotatable bonds is 4. The van der Waals surface area contributed by atoms with Crippen LogP contribution in [0, 0.1) is 21.4 Å². The highest BCUT2D eigenvalue weighted by atomic mass is 16.7. The number of hydrogen-bond acceptors (Lipinski definition) is 5. The molecule has 1 saturated carbocycles. The molecule has 1 aromatic carbocycles. The van der Waals surface area contributed by atoms with E-state index < -0.39 is 11.1 Å². The topological polar surface area (TPSA) is 78.7 Å². The summed E-state index contributed by atoms with van der Waals surface area (Å²) in [5.74, 6) is 0.522. The lowest BCUT2D eigenvalue weighted by Crippen LogP contribution is -2.13. The van der Waals surface area contributed by atoms with Crippen molar-refractivity contribution in [2.75, 3.05) is 6.61 Å². The molecule has 1 spiro atoms. The second-order valence-corrected chi connectivity index (χ2v) is 5.15. The fourth-order valence-electron chi connectivity index (χ4n) is 2.45. The third kappa shape index (κ3) is 3.97. The third-order valence-corrected chi connectivity index (χ3v) is 3.78. The Morgan fingerprint density at radius 3 is 2.43 bits per heavy atom. The summed E-state index contributed by atoms with van der Waals surface area (Å²) in [6.45, 7) is 4.31. The zero-order valence-corrected chi connectivity index (χ0v) is 13.1. The fraction of sp³-hybridized carbons (Fsp3) is 0.353. The smallest absolute Gasteiger partial charge is 0.434 e. The minimum atomic E-state index is -0.795. The summed E-state index contributed by atoms with van der Waals surface area (Å²) in [7, 11) is 0. The van der Waals surface area contributed by atoms with Gasteiger partial charge in [-0.25, -0.2) is 4.79 Å². The molecule has 1 aromatic rings. The molecule has 6 heteroatoms. The minimum Gasteiger partial charge on any atom is -0.434 e. The van der Waals surface area contributed by atoms with Gasteiger partial charge in [-0.05, 0) is 18.6 Å². The molecule has 0 bridgehead atoms. The normalized spacial score (nSPS) is 19.0. The number of hydrogen-bond donors (Lipinski definition) is 0. The summed E-state index contributed by atoms with van der Waals surface area (Å²) in [6, 6.07) is 5.26. The molecule has 0 amide bonds. The molecule has 0 saturated heterocycles. The van der Waals surface area contributed by atoms with Crippen LogP contribution in [0.25, 0.3) is 0 Å². The summed E-state index contributed by atoms with van der Waals surface area (Å²) in [5.41, 5.74) is 0.0173. The van der Waals surface area contributed by atoms with Crippen molar-refractivity contribution >= 4 is 11.8 Å². The van der Waals surface area contributed by atoms with Gasteiger partial charge in [-0.3, -0.25) is 10.1 Å². The number of carbonyl (C=O) groups is 1. The van der Waals surface area contributed by atoms with Crippen molar-refractivity contribution in [1.82, 2.24) is 0 Å². The van der Waals surface area contributed by atoms with Crippen LogP contribution in [0.3, 0.4) is 0 Å². The summed E-state index contributed by atoms with van der Waals surface area (Å²) < 4.78 is 10.0. The molecular formula is C17H19NO5.